The van der Waals surface area contributed by atoms with Gasteiger partial charge in [0, 0.05) is 30.1 Å². The lowest BCUT2D eigenvalue weighted by atomic mass is 9.79. The molecule has 2 aromatic rings. The number of hydrogen-bond acceptors (Lipinski definition) is 2. The summed E-state index contributed by atoms with van der Waals surface area (Å²) in [7, 11) is 0. The summed E-state index contributed by atoms with van der Waals surface area (Å²) < 4.78 is 2.06. The quantitative estimate of drug-likeness (QED) is 0.723. The van der Waals surface area contributed by atoms with E-state index in [4.69, 9.17) is 17.3 Å². The summed E-state index contributed by atoms with van der Waals surface area (Å²) in [5.41, 5.74) is 7.75. The van der Waals surface area contributed by atoms with Gasteiger partial charge in [-0.05, 0) is 49.3 Å². The van der Waals surface area contributed by atoms with Crippen LogP contribution in [0, 0.1) is 5.92 Å². The topological polar surface area (TPSA) is 68.2 Å². The molecule has 26 heavy (non-hydrogen) atoms. The number of aliphatic hydroxyl groups is 1. The number of carbonyl (C=O) groups excluding carboxylic acids is 1. The van der Waals surface area contributed by atoms with Gasteiger partial charge in [0.15, 0.2) is 0 Å². The van der Waals surface area contributed by atoms with Crippen LogP contribution in [-0.4, -0.2) is 21.7 Å². The number of aliphatic hydroxyl groups excluding tert-OH is 1. The Balaban J connectivity index is 2.10. The Morgan fingerprint density at radius 1 is 1.31 bits per heavy atom. The predicted molar refractivity (Wildman–Crippen MR) is 106 cm³/mol. The molecular weight excluding hydrogens is 348 g/mol. The normalized spacial score (nSPS) is 18.6. The monoisotopic (exact) mass is 376 g/mol. The van der Waals surface area contributed by atoms with Gasteiger partial charge in [-0.1, -0.05) is 43.4 Å². The van der Waals surface area contributed by atoms with E-state index >= 15 is 0 Å². The molecule has 1 heterocycles. The van der Waals surface area contributed by atoms with Crippen LogP contribution in [0.25, 0.3) is 10.9 Å². The molecule has 1 aliphatic rings. The number of halogens is 1. The average molecular weight is 377 g/mol. The van der Waals surface area contributed by atoms with Crippen molar-refractivity contribution >= 4 is 28.4 Å². The van der Waals surface area contributed by atoms with E-state index < -0.39 is 6.10 Å². The maximum absolute atomic E-state index is 11.9. The third kappa shape index (κ3) is 4.24. The predicted octanol–water partition coefficient (Wildman–Crippen LogP) is 4.60. The Morgan fingerprint density at radius 3 is 2.62 bits per heavy atom. The van der Waals surface area contributed by atoms with Crippen molar-refractivity contribution in [2.75, 3.05) is 0 Å². The van der Waals surface area contributed by atoms with Gasteiger partial charge in [0.2, 0.25) is 5.91 Å². The van der Waals surface area contributed by atoms with Gasteiger partial charge in [-0.15, -0.1) is 0 Å². The lowest BCUT2D eigenvalue weighted by molar-refractivity contribution is -0.118. The van der Waals surface area contributed by atoms with Gasteiger partial charge in [0.1, 0.15) is 0 Å². The highest BCUT2D eigenvalue weighted by Gasteiger charge is 2.29. The van der Waals surface area contributed by atoms with Gasteiger partial charge >= 0.3 is 0 Å². The number of aromatic nitrogens is 1. The number of fused-ring (bicyclic) bond motifs is 1. The molecule has 2 atom stereocenters. The lowest BCUT2D eigenvalue weighted by Crippen LogP contribution is -2.21. The van der Waals surface area contributed by atoms with Crippen LogP contribution in [-0.2, 0) is 11.3 Å². The van der Waals surface area contributed by atoms with Crippen molar-refractivity contribution in [1.29, 1.82) is 0 Å². The number of amides is 1. The van der Waals surface area contributed by atoms with Crippen LogP contribution in [0.3, 0.4) is 0 Å². The highest BCUT2D eigenvalue weighted by atomic mass is 35.5. The Bertz CT molecular complexity index is 761. The maximum atomic E-state index is 11.9. The van der Waals surface area contributed by atoms with Gasteiger partial charge in [0.05, 0.1) is 11.1 Å². The summed E-state index contributed by atoms with van der Waals surface area (Å²) in [5.74, 6) is 0.276. The Kier molecular flexibility index (Phi) is 6.25. The molecular formula is C21H29ClN2O2. The van der Waals surface area contributed by atoms with Crippen molar-refractivity contribution in [3.8, 4) is 0 Å². The molecule has 0 radical (unpaired) electrons. The number of carbonyl (C=O) groups is 1. The molecule has 1 amide bonds. The van der Waals surface area contributed by atoms with Gasteiger partial charge in [-0.2, -0.15) is 0 Å². The smallest absolute Gasteiger partial charge is 0.218 e. The standard InChI is InChI=1S/C21H29ClN2O2/c1-14(25)12-24-13-17(21-18(22)9-6-10-19(21)24)16(11-20(23)26)15-7-4-2-3-5-8-15/h6,9-10,13-16,25H,2-5,7-8,11-12H2,1H3,(H2,23,26). The van der Waals surface area contributed by atoms with Crippen LogP contribution in [0.4, 0.5) is 0 Å². The van der Waals surface area contributed by atoms with E-state index in [9.17, 15) is 9.90 Å². The Labute approximate surface area is 160 Å². The summed E-state index contributed by atoms with van der Waals surface area (Å²) in [6, 6.07) is 5.86. The second-order valence-electron chi connectivity index (χ2n) is 7.75. The first-order valence-corrected chi connectivity index (χ1v) is 10.1. The number of nitrogens with zero attached hydrogens (tertiary/aromatic N) is 1. The van der Waals surface area contributed by atoms with E-state index in [0.29, 0.717) is 23.9 Å². The fraction of sp³-hybridized carbons (Fsp3) is 0.571. The molecule has 142 valence electrons. The zero-order chi connectivity index (χ0) is 18.7. The Hall–Kier alpha value is -1.52. The molecule has 0 bridgehead atoms. The molecule has 3 N–H and O–H groups in total. The summed E-state index contributed by atoms with van der Waals surface area (Å²) in [5, 5.41) is 11.6. The molecule has 3 rings (SSSR count). The van der Waals surface area contributed by atoms with Crippen molar-refractivity contribution in [2.24, 2.45) is 11.7 Å². The number of hydrogen-bond donors (Lipinski definition) is 2. The van der Waals surface area contributed by atoms with E-state index in [1.165, 1.54) is 25.7 Å². The lowest BCUT2D eigenvalue weighted by Gasteiger charge is -2.25. The van der Waals surface area contributed by atoms with Crippen molar-refractivity contribution in [1.82, 2.24) is 4.57 Å². The number of rotatable bonds is 6. The van der Waals surface area contributed by atoms with Crippen molar-refractivity contribution < 1.29 is 9.90 Å². The van der Waals surface area contributed by atoms with Crippen LogP contribution < -0.4 is 5.73 Å². The summed E-state index contributed by atoms with van der Waals surface area (Å²) in [4.78, 5) is 11.9. The van der Waals surface area contributed by atoms with E-state index in [0.717, 1.165) is 29.3 Å². The molecule has 1 fully saturated rings. The van der Waals surface area contributed by atoms with Crippen LogP contribution in [0.15, 0.2) is 24.4 Å². The maximum Gasteiger partial charge on any atom is 0.218 e. The first-order valence-electron chi connectivity index (χ1n) is 9.71. The molecule has 1 aromatic heterocycles. The fourth-order valence-electron chi connectivity index (χ4n) is 4.52. The van der Waals surface area contributed by atoms with Gasteiger partial charge in [-0.25, -0.2) is 0 Å². The zero-order valence-corrected chi connectivity index (χ0v) is 16.2. The third-order valence-electron chi connectivity index (χ3n) is 5.63. The third-order valence-corrected chi connectivity index (χ3v) is 5.95. The molecule has 1 aromatic carbocycles. The second kappa shape index (κ2) is 8.45. The summed E-state index contributed by atoms with van der Waals surface area (Å²) in [6.07, 6.45) is 9.20. The molecule has 2 unspecified atom stereocenters. The molecule has 1 saturated carbocycles. The molecule has 1 aliphatic carbocycles. The van der Waals surface area contributed by atoms with Crippen molar-refractivity contribution in [2.45, 2.75) is 70.4 Å². The molecule has 4 nitrogen and oxygen atoms in total. The van der Waals surface area contributed by atoms with E-state index in [-0.39, 0.29) is 11.8 Å². The highest BCUT2D eigenvalue weighted by molar-refractivity contribution is 6.35. The molecule has 0 aliphatic heterocycles. The number of nitrogens with two attached hydrogens (primary N) is 1. The van der Waals surface area contributed by atoms with Crippen LogP contribution in [0.2, 0.25) is 5.02 Å². The van der Waals surface area contributed by atoms with Gasteiger partial charge in [0.25, 0.3) is 0 Å². The minimum Gasteiger partial charge on any atom is -0.392 e. The van der Waals surface area contributed by atoms with E-state index in [2.05, 4.69) is 10.8 Å². The van der Waals surface area contributed by atoms with Crippen molar-refractivity contribution in [3.05, 3.63) is 35.0 Å². The first kappa shape index (κ1) is 19.2. The summed E-state index contributed by atoms with van der Waals surface area (Å²) >= 11 is 6.57. The largest absolute Gasteiger partial charge is 0.392 e. The first-order chi connectivity index (χ1) is 12.5. The summed E-state index contributed by atoms with van der Waals surface area (Å²) in [6.45, 7) is 2.28. The van der Waals surface area contributed by atoms with Crippen molar-refractivity contribution in [3.63, 3.8) is 0 Å². The van der Waals surface area contributed by atoms with Gasteiger partial charge < -0.3 is 15.4 Å². The van der Waals surface area contributed by atoms with E-state index in [1.54, 1.807) is 6.92 Å². The minimum atomic E-state index is -0.454. The zero-order valence-electron chi connectivity index (χ0n) is 15.5. The minimum absolute atomic E-state index is 0.0863. The van der Waals surface area contributed by atoms with Crippen LogP contribution in [0.5, 0.6) is 0 Å². The highest BCUT2D eigenvalue weighted by Crippen LogP contribution is 2.42. The number of benzene rings is 1. The average Bonchev–Trinajstić information content (AvgIpc) is 2.76. The van der Waals surface area contributed by atoms with E-state index in [1.807, 2.05) is 18.2 Å². The molecule has 0 saturated heterocycles. The van der Waals surface area contributed by atoms with Crippen LogP contribution in [0.1, 0.15) is 63.4 Å². The SMILES string of the molecule is CC(O)Cn1cc(C(CC(N)=O)C2CCCCCC2)c2c(Cl)cccc21. The second-order valence-corrected chi connectivity index (χ2v) is 8.16. The van der Waals surface area contributed by atoms with Crippen LogP contribution >= 0.6 is 11.6 Å². The molecule has 5 heteroatoms. The Morgan fingerprint density at radius 2 is 2.00 bits per heavy atom. The number of primary amides is 1. The van der Waals surface area contributed by atoms with Gasteiger partial charge in [-0.3, -0.25) is 4.79 Å². The molecule has 0 spiro atoms. The fourth-order valence-corrected chi connectivity index (χ4v) is 4.80.